The average molecular weight is 287 g/mol. The minimum absolute atomic E-state index is 0.235. The molecule has 1 aliphatic carbocycles. The van der Waals surface area contributed by atoms with Gasteiger partial charge in [-0.05, 0) is 59.4 Å². The molecule has 0 saturated heterocycles. The summed E-state index contributed by atoms with van der Waals surface area (Å²) in [6.07, 6.45) is 2.76. The summed E-state index contributed by atoms with van der Waals surface area (Å²) in [4.78, 5) is 1.57. The molecule has 1 saturated carbocycles. The fourth-order valence-corrected chi connectivity index (χ4v) is 4.06. The van der Waals surface area contributed by atoms with E-state index in [4.69, 9.17) is 0 Å². The highest BCUT2D eigenvalue weighted by molar-refractivity contribution is 7.19. The summed E-state index contributed by atoms with van der Waals surface area (Å²) >= 11 is 1.99. The van der Waals surface area contributed by atoms with Crippen LogP contribution in [0.5, 0.6) is 0 Å². The Hall–Kier alpha value is -0.860. The van der Waals surface area contributed by atoms with Gasteiger partial charge in [0.2, 0.25) is 0 Å². The highest BCUT2D eigenvalue weighted by Crippen LogP contribution is 2.48. The summed E-state index contributed by atoms with van der Waals surface area (Å²) in [7, 11) is 0. The van der Waals surface area contributed by atoms with E-state index in [0.717, 1.165) is 19.0 Å². The van der Waals surface area contributed by atoms with Gasteiger partial charge in [0.05, 0.1) is 0 Å². The number of hydrogen-bond acceptors (Lipinski definition) is 2. The lowest BCUT2D eigenvalue weighted by molar-refractivity contribution is 0.591. The Morgan fingerprint density at radius 1 is 1.25 bits per heavy atom. The highest BCUT2D eigenvalue weighted by Gasteiger charge is 2.30. The molecule has 1 heterocycles. The molecule has 1 aliphatic rings. The van der Waals surface area contributed by atoms with E-state index in [1.54, 1.807) is 10.4 Å². The Balaban J connectivity index is 2.10. The third kappa shape index (κ3) is 2.64. The Morgan fingerprint density at radius 2 is 2.00 bits per heavy atom. The fourth-order valence-electron chi connectivity index (χ4n) is 2.82. The van der Waals surface area contributed by atoms with Gasteiger partial charge in [-0.25, -0.2) is 0 Å². The lowest BCUT2D eigenvalue weighted by Gasteiger charge is -2.19. The van der Waals surface area contributed by atoms with E-state index in [1.165, 1.54) is 28.5 Å². The lowest BCUT2D eigenvalue weighted by atomic mass is 9.86. The van der Waals surface area contributed by atoms with Crippen molar-refractivity contribution in [2.24, 2.45) is 0 Å². The molecule has 1 aromatic carbocycles. The van der Waals surface area contributed by atoms with Gasteiger partial charge < -0.3 is 5.32 Å². The van der Waals surface area contributed by atoms with Crippen LogP contribution in [0.15, 0.2) is 18.2 Å². The molecule has 2 heteroatoms. The lowest BCUT2D eigenvalue weighted by Crippen LogP contribution is -2.11. The van der Waals surface area contributed by atoms with Crippen LogP contribution in [0.1, 0.15) is 62.5 Å². The number of fused-ring (bicyclic) bond motifs is 1. The fraction of sp³-hybridized carbons (Fsp3) is 0.556. The van der Waals surface area contributed by atoms with Crippen molar-refractivity contribution in [2.75, 3.05) is 6.54 Å². The molecular weight excluding hydrogens is 262 g/mol. The van der Waals surface area contributed by atoms with Crippen LogP contribution >= 0.6 is 11.3 Å². The monoisotopic (exact) mass is 287 g/mol. The Kier molecular flexibility index (Phi) is 3.64. The largest absolute Gasteiger partial charge is 0.312 e. The van der Waals surface area contributed by atoms with E-state index in [1.807, 2.05) is 11.3 Å². The number of benzene rings is 1. The Labute approximate surface area is 126 Å². The molecule has 1 nitrogen and oxygen atoms in total. The zero-order chi connectivity index (χ0) is 14.3. The van der Waals surface area contributed by atoms with Crippen LogP contribution in [0.3, 0.4) is 0 Å². The molecule has 0 spiro atoms. The first-order chi connectivity index (χ1) is 9.50. The maximum absolute atomic E-state index is 3.50. The topological polar surface area (TPSA) is 12.0 Å². The molecule has 0 unspecified atom stereocenters. The molecule has 0 amide bonds. The minimum atomic E-state index is 0.235. The van der Waals surface area contributed by atoms with Crippen LogP contribution in [-0.2, 0) is 12.0 Å². The van der Waals surface area contributed by atoms with E-state index < -0.39 is 0 Å². The van der Waals surface area contributed by atoms with Gasteiger partial charge in [-0.1, -0.05) is 33.8 Å². The summed E-state index contributed by atoms with van der Waals surface area (Å²) < 4.78 is 1.47. The number of thiophene rings is 1. The van der Waals surface area contributed by atoms with Gasteiger partial charge in [0.1, 0.15) is 0 Å². The standard InChI is InChI=1S/C18H25NS/c1-5-19-11-16-17(12-6-7-12)14-10-13(18(2,3)4)8-9-15(14)20-16/h8-10,12,19H,5-7,11H2,1-4H3. The van der Waals surface area contributed by atoms with Gasteiger partial charge in [0, 0.05) is 16.1 Å². The van der Waals surface area contributed by atoms with Crippen molar-refractivity contribution < 1.29 is 0 Å². The quantitative estimate of drug-likeness (QED) is 0.816. The number of rotatable bonds is 4. The van der Waals surface area contributed by atoms with E-state index in [2.05, 4.69) is 51.2 Å². The molecule has 1 N–H and O–H groups in total. The van der Waals surface area contributed by atoms with Crippen LogP contribution < -0.4 is 5.32 Å². The van der Waals surface area contributed by atoms with Crippen molar-refractivity contribution in [3.8, 4) is 0 Å². The second kappa shape index (κ2) is 5.16. The molecule has 3 rings (SSSR count). The van der Waals surface area contributed by atoms with Crippen molar-refractivity contribution >= 4 is 21.4 Å². The van der Waals surface area contributed by atoms with Crippen molar-refractivity contribution in [2.45, 2.75) is 58.4 Å². The van der Waals surface area contributed by atoms with Gasteiger partial charge in [0.25, 0.3) is 0 Å². The summed E-state index contributed by atoms with van der Waals surface area (Å²) in [6, 6.07) is 7.10. The summed E-state index contributed by atoms with van der Waals surface area (Å²) in [6.45, 7) is 11.2. The molecule has 0 radical (unpaired) electrons. The molecule has 0 atom stereocenters. The van der Waals surface area contributed by atoms with Crippen molar-refractivity contribution in [3.05, 3.63) is 34.2 Å². The molecule has 0 bridgehead atoms. The van der Waals surface area contributed by atoms with Crippen molar-refractivity contribution in [3.63, 3.8) is 0 Å². The smallest absolute Gasteiger partial charge is 0.0349 e. The van der Waals surface area contributed by atoms with Crippen LogP contribution in [0, 0.1) is 0 Å². The molecule has 1 aromatic heterocycles. The third-order valence-corrected chi connectivity index (χ3v) is 5.38. The molecule has 2 aromatic rings. The van der Waals surface area contributed by atoms with E-state index >= 15 is 0 Å². The first-order valence-electron chi connectivity index (χ1n) is 7.77. The van der Waals surface area contributed by atoms with Crippen molar-refractivity contribution in [1.82, 2.24) is 5.32 Å². The van der Waals surface area contributed by atoms with E-state index in [9.17, 15) is 0 Å². The second-order valence-corrected chi connectivity index (χ2v) is 8.09. The molecule has 0 aliphatic heterocycles. The third-order valence-electron chi connectivity index (χ3n) is 4.19. The molecular formula is C18H25NS. The molecule has 1 fully saturated rings. The van der Waals surface area contributed by atoms with Gasteiger partial charge in [-0.15, -0.1) is 11.3 Å². The van der Waals surface area contributed by atoms with Crippen LogP contribution in [-0.4, -0.2) is 6.54 Å². The maximum atomic E-state index is 3.50. The molecule has 108 valence electrons. The first-order valence-corrected chi connectivity index (χ1v) is 8.59. The first kappa shape index (κ1) is 14.1. The van der Waals surface area contributed by atoms with Gasteiger partial charge in [0.15, 0.2) is 0 Å². The zero-order valence-corrected chi connectivity index (χ0v) is 13.9. The predicted octanol–water partition coefficient (Wildman–Crippen LogP) is 5.19. The van der Waals surface area contributed by atoms with E-state index in [0.29, 0.717) is 0 Å². The Bertz CT molecular complexity index is 614. The van der Waals surface area contributed by atoms with Crippen LogP contribution in [0.25, 0.3) is 10.1 Å². The minimum Gasteiger partial charge on any atom is -0.312 e. The SMILES string of the molecule is CCNCc1sc2ccc(C(C)(C)C)cc2c1C1CC1. The van der Waals surface area contributed by atoms with Crippen LogP contribution in [0.4, 0.5) is 0 Å². The summed E-state index contributed by atoms with van der Waals surface area (Å²) in [5, 5.41) is 5.03. The number of hydrogen-bond donors (Lipinski definition) is 1. The zero-order valence-electron chi connectivity index (χ0n) is 13.0. The van der Waals surface area contributed by atoms with Gasteiger partial charge in [-0.2, -0.15) is 0 Å². The van der Waals surface area contributed by atoms with Crippen LogP contribution in [0.2, 0.25) is 0 Å². The number of nitrogens with one attached hydrogen (secondary N) is 1. The van der Waals surface area contributed by atoms with E-state index in [-0.39, 0.29) is 5.41 Å². The Morgan fingerprint density at radius 3 is 2.60 bits per heavy atom. The summed E-state index contributed by atoms with van der Waals surface area (Å²) in [5.41, 5.74) is 3.34. The summed E-state index contributed by atoms with van der Waals surface area (Å²) in [5.74, 6) is 0.827. The van der Waals surface area contributed by atoms with Gasteiger partial charge in [-0.3, -0.25) is 0 Å². The molecule has 20 heavy (non-hydrogen) atoms. The second-order valence-electron chi connectivity index (χ2n) is 6.95. The average Bonchev–Trinajstić information content (AvgIpc) is 3.15. The predicted molar refractivity (Wildman–Crippen MR) is 89.9 cm³/mol. The maximum Gasteiger partial charge on any atom is 0.0349 e. The van der Waals surface area contributed by atoms with Crippen molar-refractivity contribution in [1.29, 1.82) is 0 Å². The van der Waals surface area contributed by atoms with Gasteiger partial charge >= 0.3 is 0 Å². The normalized spacial score (nSPS) is 16.0. The highest BCUT2D eigenvalue weighted by atomic mass is 32.1.